The molecule has 31 heavy (non-hydrogen) atoms. The minimum Gasteiger partial charge on any atom is -0.456 e. The lowest BCUT2D eigenvalue weighted by molar-refractivity contribution is -0.148. The molecule has 0 saturated heterocycles. The van der Waals surface area contributed by atoms with Crippen LogP contribution in [0, 0.1) is 17.8 Å². The number of hydrogen-bond acceptors (Lipinski definition) is 5. The Labute approximate surface area is 180 Å². The molecule has 3 aliphatic rings. The monoisotopic (exact) mass is 417 g/mol. The van der Waals surface area contributed by atoms with Crippen molar-refractivity contribution in [3.63, 3.8) is 0 Å². The number of hydrogen-bond donors (Lipinski definition) is 1. The normalized spacial score (nSPS) is 23.3. The molecule has 2 aromatic rings. The Morgan fingerprint density at radius 1 is 0.903 bits per heavy atom. The number of amides is 1. The lowest BCUT2D eigenvalue weighted by atomic mass is 9.83. The van der Waals surface area contributed by atoms with Gasteiger partial charge in [-0.25, -0.2) is 0 Å². The Morgan fingerprint density at radius 3 is 2.35 bits per heavy atom. The molecule has 2 fully saturated rings. The molecule has 2 bridgehead atoms. The first-order chi connectivity index (χ1) is 15.0. The van der Waals surface area contributed by atoms with E-state index in [9.17, 15) is 19.2 Å². The first-order valence-corrected chi connectivity index (χ1v) is 10.8. The van der Waals surface area contributed by atoms with Crippen LogP contribution in [0.25, 0.3) is 0 Å². The van der Waals surface area contributed by atoms with Crippen molar-refractivity contribution in [3.8, 4) is 0 Å². The fraction of sp³-hybridized carbons (Fsp3) is 0.360. The fourth-order valence-electron chi connectivity index (χ4n) is 5.48. The summed E-state index contributed by atoms with van der Waals surface area (Å²) in [5.74, 6) is 0.290. The number of ketones is 2. The summed E-state index contributed by atoms with van der Waals surface area (Å²) >= 11 is 0. The van der Waals surface area contributed by atoms with Gasteiger partial charge in [0.2, 0.25) is 0 Å². The van der Waals surface area contributed by atoms with Gasteiger partial charge in [0.25, 0.3) is 5.91 Å². The van der Waals surface area contributed by atoms with E-state index < -0.39 is 12.5 Å². The smallest absolute Gasteiger partial charge is 0.306 e. The second kappa shape index (κ2) is 7.76. The number of rotatable bonds is 5. The highest BCUT2D eigenvalue weighted by Gasteiger charge is 2.40. The standard InChI is InChI=1S/C25H23NO5/c27-21(13-31-22(28)12-16-11-14-8-9-15(16)10-14)26-20-7-3-6-19-23(20)25(30)18-5-2-1-4-17(18)24(19)29/h1-7,14-16H,8-13H2,(H,26,27)/t14-,15+,16+/m1/s1. The molecule has 2 aromatic carbocycles. The van der Waals surface area contributed by atoms with Crippen molar-refractivity contribution < 1.29 is 23.9 Å². The maximum Gasteiger partial charge on any atom is 0.306 e. The minimum absolute atomic E-state index is 0.174. The van der Waals surface area contributed by atoms with E-state index in [0.717, 1.165) is 12.3 Å². The topological polar surface area (TPSA) is 89.5 Å². The molecule has 3 atom stereocenters. The highest BCUT2D eigenvalue weighted by molar-refractivity contribution is 6.30. The van der Waals surface area contributed by atoms with Crippen molar-refractivity contribution in [3.05, 3.63) is 64.7 Å². The summed E-state index contributed by atoms with van der Waals surface area (Å²) in [5, 5.41) is 2.64. The van der Waals surface area contributed by atoms with Crippen molar-refractivity contribution in [2.75, 3.05) is 11.9 Å². The van der Waals surface area contributed by atoms with Crippen LogP contribution in [0.15, 0.2) is 42.5 Å². The third kappa shape index (κ3) is 3.56. The van der Waals surface area contributed by atoms with Gasteiger partial charge in [0.1, 0.15) is 0 Å². The summed E-state index contributed by atoms with van der Waals surface area (Å²) in [6.07, 6.45) is 5.12. The Balaban J connectivity index is 1.25. The lowest BCUT2D eigenvalue weighted by Crippen LogP contribution is -2.26. The van der Waals surface area contributed by atoms with Gasteiger partial charge in [0.05, 0.1) is 11.3 Å². The van der Waals surface area contributed by atoms with Gasteiger partial charge in [0, 0.05) is 23.1 Å². The van der Waals surface area contributed by atoms with Crippen molar-refractivity contribution in [2.45, 2.75) is 32.1 Å². The number of nitrogens with one attached hydrogen (secondary N) is 1. The average Bonchev–Trinajstić information content (AvgIpc) is 3.39. The van der Waals surface area contributed by atoms with Crippen LogP contribution in [0.2, 0.25) is 0 Å². The van der Waals surface area contributed by atoms with Crippen molar-refractivity contribution in [2.24, 2.45) is 17.8 Å². The van der Waals surface area contributed by atoms with Gasteiger partial charge < -0.3 is 10.1 Å². The van der Waals surface area contributed by atoms with Crippen LogP contribution in [0.3, 0.4) is 0 Å². The molecule has 0 heterocycles. The molecule has 0 aliphatic heterocycles. The third-order valence-electron chi connectivity index (χ3n) is 6.90. The van der Waals surface area contributed by atoms with E-state index in [-0.39, 0.29) is 34.4 Å². The van der Waals surface area contributed by atoms with E-state index in [2.05, 4.69) is 5.32 Å². The molecule has 0 spiro atoms. The molecule has 0 radical (unpaired) electrons. The van der Waals surface area contributed by atoms with E-state index in [1.807, 2.05) is 0 Å². The van der Waals surface area contributed by atoms with Crippen LogP contribution in [-0.2, 0) is 14.3 Å². The zero-order valence-electron chi connectivity index (χ0n) is 17.1. The second-order valence-corrected chi connectivity index (χ2v) is 8.78. The summed E-state index contributed by atoms with van der Waals surface area (Å²) in [5.41, 5.74) is 1.36. The third-order valence-corrected chi connectivity index (χ3v) is 6.90. The second-order valence-electron chi connectivity index (χ2n) is 8.78. The number of benzene rings is 2. The van der Waals surface area contributed by atoms with Crippen LogP contribution >= 0.6 is 0 Å². The molecule has 1 N–H and O–H groups in total. The highest BCUT2D eigenvalue weighted by Crippen LogP contribution is 2.49. The van der Waals surface area contributed by atoms with Crippen LogP contribution < -0.4 is 5.32 Å². The van der Waals surface area contributed by atoms with Crippen molar-refractivity contribution in [1.82, 2.24) is 0 Å². The largest absolute Gasteiger partial charge is 0.456 e. The van der Waals surface area contributed by atoms with Gasteiger partial charge in [-0.15, -0.1) is 0 Å². The summed E-state index contributed by atoms with van der Waals surface area (Å²) in [4.78, 5) is 50.4. The predicted octanol–water partition coefficient (Wildman–Crippen LogP) is 3.77. The number of esters is 1. The fourth-order valence-corrected chi connectivity index (χ4v) is 5.48. The molecule has 158 valence electrons. The van der Waals surface area contributed by atoms with E-state index >= 15 is 0 Å². The van der Waals surface area contributed by atoms with E-state index in [0.29, 0.717) is 29.4 Å². The van der Waals surface area contributed by atoms with E-state index in [1.54, 1.807) is 42.5 Å². The maximum atomic E-state index is 13.0. The molecule has 5 rings (SSSR count). The zero-order valence-corrected chi connectivity index (χ0v) is 17.1. The van der Waals surface area contributed by atoms with Crippen LogP contribution in [0.4, 0.5) is 5.69 Å². The van der Waals surface area contributed by atoms with Crippen LogP contribution in [0.1, 0.15) is 63.9 Å². The average molecular weight is 417 g/mol. The molecule has 2 saturated carbocycles. The number of ether oxygens (including phenoxy) is 1. The molecule has 0 unspecified atom stereocenters. The molecular weight excluding hydrogens is 394 g/mol. The molecule has 3 aliphatic carbocycles. The summed E-state index contributed by atoms with van der Waals surface area (Å²) < 4.78 is 5.19. The Bertz CT molecular complexity index is 1100. The highest BCUT2D eigenvalue weighted by atomic mass is 16.5. The molecule has 6 heteroatoms. The SMILES string of the molecule is O=C(COC(=O)C[C@@H]1C[C@@H]2CC[C@H]1C2)Nc1cccc2c1C(=O)c1ccccc1C2=O. The summed E-state index contributed by atoms with van der Waals surface area (Å²) in [6.45, 7) is -0.415. The van der Waals surface area contributed by atoms with Crippen molar-refractivity contribution in [1.29, 1.82) is 0 Å². The van der Waals surface area contributed by atoms with E-state index in [1.165, 1.54) is 19.3 Å². The maximum absolute atomic E-state index is 13.0. The van der Waals surface area contributed by atoms with Gasteiger partial charge in [-0.2, -0.15) is 0 Å². The van der Waals surface area contributed by atoms with E-state index in [4.69, 9.17) is 4.74 Å². The molecule has 1 amide bonds. The predicted molar refractivity (Wildman–Crippen MR) is 113 cm³/mol. The van der Waals surface area contributed by atoms with Gasteiger partial charge >= 0.3 is 5.97 Å². The molecular formula is C25H23NO5. The van der Waals surface area contributed by atoms with Gasteiger partial charge in [0.15, 0.2) is 18.2 Å². The Hall–Kier alpha value is -3.28. The first-order valence-electron chi connectivity index (χ1n) is 10.8. The molecule has 0 aromatic heterocycles. The lowest BCUT2D eigenvalue weighted by Gasteiger charge is -2.21. The quantitative estimate of drug-likeness (QED) is 0.639. The van der Waals surface area contributed by atoms with Crippen LogP contribution in [-0.4, -0.2) is 30.0 Å². The molecule has 6 nitrogen and oxygen atoms in total. The Morgan fingerprint density at radius 2 is 1.65 bits per heavy atom. The number of anilines is 1. The first kappa shape index (κ1) is 19.7. The summed E-state index contributed by atoms with van der Waals surface area (Å²) in [6, 6.07) is 11.4. The van der Waals surface area contributed by atoms with Gasteiger partial charge in [-0.3, -0.25) is 19.2 Å². The van der Waals surface area contributed by atoms with Gasteiger partial charge in [-0.1, -0.05) is 42.8 Å². The van der Waals surface area contributed by atoms with Crippen molar-refractivity contribution >= 4 is 29.1 Å². The summed E-state index contributed by atoms with van der Waals surface area (Å²) in [7, 11) is 0. The van der Waals surface area contributed by atoms with Gasteiger partial charge in [-0.05, 0) is 43.1 Å². The van der Waals surface area contributed by atoms with Crippen LogP contribution in [0.5, 0.6) is 0 Å². The zero-order chi connectivity index (χ0) is 21.5. The number of fused-ring (bicyclic) bond motifs is 4. The minimum atomic E-state index is -0.534. The number of carbonyl (C=O) groups is 4. The Kier molecular flexibility index (Phi) is 4.93. The number of carbonyl (C=O) groups excluding carboxylic acids is 4.